The van der Waals surface area contributed by atoms with Crippen molar-refractivity contribution >= 4 is 0 Å². The number of hydrogen-bond donors (Lipinski definition) is 2. The molecule has 0 radical (unpaired) electrons. The van der Waals surface area contributed by atoms with E-state index in [2.05, 4.69) is 15.3 Å². The molecule has 0 bridgehead atoms. The Kier molecular flexibility index (Phi) is 2.98. The summed E-state index contributed by atoms with van der Waals surface area (Å²) in [6, 6.07) is 0. The minimum absolute atomic E-state index is 0.617. The maximum atomic E-state index is 10.3. The Morgan fingerprint density at radius 3 is 3.13 bits per heavy atom. The normalized spacial score (nSPS) is 26.5. The van der Waals surface area contributed by atoms with Crippen LogP contribution in [0.15, 0.2) is 12.5 Å². The van der Waals surface area contributed by atoms with E-state index < -0.39 is 5.60 Å². The van der Waals surface area contributed by atoms with Crippen molar-refractivity contribution in [3.8, 4) is 0 Å². The van der Waals surface area contributed by atoms with Gasteiger partial charge >= 0.3 is 0 Å². The molecule has 0 saturated carbocycles. The quantitative estimate of drug-likeness (QED) is 0.739. The second-order valence-electron chi connectivity index (χ2n) is 4.31. The topological polar surface area (TPSA) is 58.0 Å². The maximum Gasteiger partial charge on any atom is 0.115 e. The number of aliphatic hydroxyl groups is 1. The first-order valence-electron chi connectivity index (χ1n) is 5.38. The average molecular weight is 207 g/mol. The molecule has 4 heteroatoms. The minimum Gasteiger partial charge on any atom is -0.388 e. The predicted octanol–water partition coefficient (Wildman–Crippen LogP) is 0.442. The number of aromatic nitrogens is 2. The van der Waals surface area contributed by atoms with Gasteiger partial charge in [0.2, 0.25) is 0 Å². The van der Waals surface area contributed by atoms with E-state index in [4.69, 9.17) is 0 Å². The van der Waals surface area contributed by atoms with Crippen molar-refractivity contribution < 1.29 is 5.11 Å². The van der Waals surface area contributed by atoms with Crippen LogP contribution in [0.25, 0.3) is 0 Å². The molecule has 0 aliphatic carbocycles. The summed E-state index contributed by atoms with van der Waals surface area (Å²) in [5, 5.41) is 13.6. The lowest BCUT2D eigenvalue weighted by Gasteiger charge is -2.32. The molecule has 2 rings (SSSR count). The van der Waals surface area contributed by atoms with E-state index in [1.807, 2.05) is 6.92 Å². The van der Waals surface area contributed by atoms with Gasteiger partial charge in [0.15, 0.2) is 0 Å². The molecule has 0 aromatic carbocycles. The van der Waals surface area contributed by atoms with Crippen LogP contribution in [0.1, 0.15) is 24.1 Å². The van der Waals surface area contributed by atoms with E-state index in [0.29, 0.717) is 13.0 Å². The number of aryl methyl sites for hydroxylation is 1. The van der Waals surface area contributed by atoms with Gasteiger partial charge in [-0.15, -0.1) is 0 Å². The third-order valence-electron chi connectivity index (χ3n) is 2.98. The second kappa shape index (κ2) is 4.24. The van der Waals surface area contributed by atoms with Crippen molar-refractivity contribution in [2.45, 2.75) is 31.8 Å². The van der Waals surface area contributed by atoms with E-state index in [-0.39, 0.29) is 0 Å². The highest BCUT2D eigenvalue weighted by molar-refractivity contribution is 5.17. The van der Waals surface area contributed by atoms with E-state index in [1.165, 1.54) is 0 Å². The van der Waals surface area contributed by atoms with Gasteiger partial charge in [0.25, 0.3) is 0 Å². The van der Waals surface area contributed by atoms with Crippen LogP contribution in [0.4, 0.5) is 0 Å². The first kappa shape index (κ1) is 10.5. The van der Waals surface area contributed by atoms with Crippen molar-refractivity contribution in [1.29, 1.82) is 0 Å². The number of hydrogen-bond acceptors (Lipinski definition) is 4. The van der Waals surface area contributed by atoms with Crippen LogP contribution in [0.5, 0.6) is 0 Å². The van der Waals surface area contributed by atoms with Crippen molar-refractivity contribution in [3.05, 3.63) is 23.8 Å². The van der Waals surface area contributed by atoms with E-state index in [0.717, 1.165) is 30.6 Å². The highest BCUT2D eigenvalue weighted by Crippen LogP contribution is 2.21. The molecule has 4 nitrogen and oxygen atoms in total. The van der Waals surface area contributed by atoms with Crippen LogP contribution in [-0.2, 0) is 6.42 Å². The fraction of sp³-hybridized carbons (Fsp3) is 0.636. The molecule has 2 N–H and O–H groups in total. The van der Waals surface area contributed by atoms with Crippen molar-refractivity contribution in [3.63, 3.8) is 0 Å². The molecule has 1 aromatic heterocycles. The lowest BCUT2D eigenvalue weighted by atomic mass is 9.87. The zero-order valence-electron chi connectivity index (χ0n) is 9.03. The van der Waals surface area contributed by atoms with Crippen LogP contribution in [0.3, 0.4) is 0 Å². The van der Waals surface area contributed by atoms with Gasteiger partial charge in [0, 0.05) is 24.9 Å². The fourth-order valence-electron chi connectivity index (χ4n) is 2.05. The highest BCUT2D eigenvalue weighted by atomic mass is 16.3. The maximum absolute atomic E-state index is 10.3. The molecule has 15 heavy (non-hydrogen) atoms. The monoisotopic (exact) mass is 207 g/mol. The Bertz CT molecular complexity index is 334. The Morgan fingerprint density at radius 1 is 1.60 bits per heavy atom. The summed E-state index contributed by atoms with van der Waals surface area (Å²) in [7, 11) is 0. The van der Waals surface area contributed by atoms with Gasteiger partial charge in [-0.25, -0.2) is 9.97 Å². The van der Waals surface area contributed by atoms with E-state index in [9.17, 15) is 5.11 Å². The molecule has 1 saturated heterocycles. The molecule has 82 valence electrons. The molecule has 1 aromatic rings. The number of piperidine rings is 1. The number of rotatable bonds is 2. The second-order valence-corrected chi connectivity index (χ2v) is 4.31. The Balaban J connectivity index is 2.10. The molecule has 0 spiro atoms. The molecule has 2 heterocycles. The van der Waals surface area contributed by atoms with Crippen LogP contribution in [0.2, 0.25) is 0 Å². The molecule has 1 aliphatic heterocycles. The van der Waals surface area contributed by atoms with Gasteiger partial charge in [-0.05, 0) is 31.9 Å². The number of β-amino-alcohol motifs (C(OH)–C–C–N with tert-alkyl or cyclic N) is 1. The summed E-state index contributed by atoms with van der Waals surface area (Å²) >= 11 is 0. The molecule has 1 aliphatic rings. The first-order chi connectivity index (χ1) is 7.20. The van der Waals surface area contributed by atoms with E-state index >= 15 is 0 Å². The van der Waals surface area contributed by atoms with Crippen molar-refractivity contribution in [2.24, 2.45) is 0 Å². The Morgan fingerprint density at radius 2 is 2.47 bits per heavy atom. The standard InChI is InChI=1S/C11H17N3O/c1-9-10(6-13-8-14-9)5-11(15)3-2-4-12-7-11/h6,8,12,15H,2-5,7H2,1H3. The van der Waals surface area contributed by atoms with Gasteiger partial charge in [-0.2, -0.15) is 0 Å². The largest absolute Gasteiger partial charge is 0.388 e. The van der Waals surface area contributed by atoms with Crippen LogP contribution < -0.4 is 5.32 Å². The van der Waals surface area contributed by atoms with Crippen LogP contribution >= 0.6 is 0 Å². The zero-order chi connectivity index (χ0) is 10.7. The summed E-state index contributed by atoms with van der Waals surface area (Å²) in [5.74, 6) is 0. The lowest BCUT2D eigenvalue weighted by molar-refractivity contribution is 0.0166. The lowest BCUT2D eigenvalue weighted by Crippen LogP contribution is -2.47. The van der Waals surface area contributed by atoms with Gasteiger partial charge in [0.1, 0.15) is 6.33 Å². The SMILES string of the molecule is Cc1ncncc1CC1(O)CCCNC1. The molecule has 1 atom stereocenters. The van der Waals surface area contributed by atoms with Gasteiger partial charge in [-0.3, -0.25) is 0 Å². The van der Waals surface area contributed by atoms with E-state index in [1.54, 1.807) is 12.5 Å². The summed E-state index contributed by atoms with van der Waals surface area (Å²) < 4.78 is 0. The summed E-state index contributed by atoms with van der Waals surface area (Å²) in [4.78, 5) is 8.13. The van der Waals surface area contributed by atoms with Gasteiger partial charge in [-0.1, -0.05) is 0 Å². The van der Waals surface area contributed by atoms with Crippen molar-refractivity contribution in [2.75, 3.05) is 13.1 Å². The van der Waals surface area contributed by atoms with Crippen LogP contribution in [-0.4, -0.2) is 33.8 Å². The first-order valence-corrected chi connectivity index (χ1v) is 5.38. The molecular formula is C11H17N3O. The van der Waals surface area contributed by atoms with Gasteiger partial charge < -0.3 is 10.4 Å². The summed E-state index contributed by atoms with van der Waals surface area (Å²) in [6.45, 7) is 3.63. The number of nitrogens with zero attached hydrogens (tertiary/aromatic N) is 2. The Labute approximate surface area is 89.8 Å². The highest BCUT2D eigenvalue weighted by Gasteiger charge is 2.29. The Hall–Kier alpha value is -1.00. The zero-order valence-corrected chi connectivity index (χ0v) is 9.03. The molecule has 1 unspecified atom stereocenters. The third-order valence-corrected chi connectivity index (χ3v) is 2.98. The van der Waals surface area contributed by atoms with Gasteiger partial charge in [0.05, 0.1) is 5.60 Å². The average Bonchev–Trinajstić information content (AvgIpc) is 2.22. The minimum atomic E-state index is -0.617. The number of nitrogens with one attached hydrogen (secondary N) is 1. The van der Waals surface area contributed by atoms with Crippen molar-refractivity contribution in [1.82, 2.24) is 15.3 Å². The summed E-state index contributed by atoms with van der Waals surface area (Å²) in [5.41, 5.74) is 1.39. The predicted molar refractivity (Wildman–Crippen MR) is 57.5 cm³/mol. The smallest absolute Gasteiger partial charge is 0.115 e. The summed E-state index contributed by atoms with van der Waals surface area (Å²) in [6.07, 6.45) is 5.88. The molecular weight excluding hydrogens is 190 g/mol. The fourth-order valence-corrected chi connectivity index (χ4v) is 2.05. The molecule has 0 amide bonds. The third kappa shape index (κ3) is 2.52. The van der Waals surface area contributed by atoms with Crippen LogP contribution in [0, 0.1) is 6.92 Å². The molecule has 1 fully saturated rings.